The van der Waals surface area contributed by atoms with Gasteiger partial charge in [-0.15, -0.1) is 23.5 Å². The first kappa shape index (κ1) is 17.9. The molecule has 114 valence electrons. The second-order valence-electron chi connectivity index (χ2n) is 5.74. The number of rotatable bonds is 8. The summed E-state index contributed by atoms with van der Waals surface area (Å²) >= 11 is 4.14. The van der Waals surface area contributed by atoms with Crippen molar-refractivity contribution in [1.29, 1.82) is 0 Å². The van der Waals surface area contributed by atoms with Crippen molar-refractivity contribution in [3.8, 4) is 0 Å². The lowest BCUT2D eigenvalue weighted by atomic mass is 10.1. The molecule has 0 bridgehead atoms. The van der Waals surface area contributed by atoms with E-state index in [1.54, 1.807) is 0 Å². The van der Waals surface area contributed by atoms with Gasteiger partial charge in [-0.3, -0.25) is 0 Å². The number of hydrogen-bond acceptors (Lipinski definition) is 3. The third-order valence-corrected chi connectivity index (χ3v) is 7.00. The van der Waals surface area contributed by atoms with E-state index in [1.165, 1.54) is 29.1 Å². The highest BCUT2D eigenvalue weighted by atomic mass is 32.2. The molecule has 0 amide bonds. The quantitative estimate of drug-likeness (QED) is 0.428. The molecule has 1 aliphatic heterocycles. The molecule has 0 radical (unpaired) electrons. The molecule has 0 aromatic heterocycles. The van der Waals surface area contributed by atoms with Crippen molar-refractivity contribution < 1.29 is 4.79 Å². The monoisotopic (exact) mass is 312 g/mol. The van der Waals surface area contributed by atoms with Crippen molar-refractivity contribution in [1.82, 2.24) is 0 Å². The standard InChI is InChI=1S/C17H28OS2/c1-15(2)7-4-8-16(3)9-11-17(10-5-12-18)19-13-6-14-20-17/h7,9,12H,4-6,8,10-11,13-14H2,1-3H3/b16-9-. The first-order valence-electron chi connectivity index (χ1n) is 7.58. The van der Waals surface area contributed by atoms with Crippen LogP contribution in [0.4, 0.5) is 0 Å². The van der Waals surface area contributed by atoms with Crippen LogP contribution < -0.4 is 0 Å². The van der Waals surface area contributed by atoms with Crippen LogP contribution in [0.3, 0.4) is 0 Å². The average molecular weight is 313 g/mol. The van der Waals surface area contributed by atoms with E-state index in [-0.39, 0.29) is 4.08 Å². The molecule has 0 N–H and O–H groups in total. The Labute approximate surface area is 133 Å². The lowest BCUT2D eigenvalue weighted by molar-refractivity contribution is -0.107. The van der Waals surface area contributed by atoms with Crippen molar-refractivity contribution in [2.75, 3.05) is 11.5 Å². The summed E-state index contributed by atoms with van der Waals surface area (Å²) in [6.45, 7) is 6.55. The van der Waals surface area contributed by atoms with E-state index in [2.05, 4.69) is 56.4 Å². The molecule has 1 rings (SSSR count). The molecular weight excluding hydrogens is 284 g/mol. The van der Waals surface area contributed by atoms with E-state index in [0.29, 0.717) is 6.42 Å². The van der Waals surface area contributed by atoms with E-state index in [4.69, 9.17) is 0 Å². The van der Waals surface area contributed by atoms with Crippen molar-refractivity contribution in [2.45, 2.75) is 63.4 Å². The summed E-state index contributed by atoms with van der Waals surface area (Å²) in [5.41, 5.74) is 2.89. The molecule has 0 atom stereocenters. The number of carbonyl (C=O) groups is 1. The van der Waals surface area contributed by atoms with E-state index < -0.39 is 0 Å². The molecule has 3 heteroatoms. The SMILES string of the molecule is CC(C)=CCC/C(C)=C\CC1(CCC=O)SCCCS1. The highest BCUT2D eigenvalue weighted by molar-refractivity contribution is 8.18. The van der Waals surface area contributed by atoms with Gasteiger partial charge < -0.3 is 4.79 Å². The predicted molar refractivity (Wildman–Crippen MR) is 94.6 cm³/mol. The molecule has 0 aromatic rings. The molecule has 1 nitrogen and oxygen atoms in total. The van der Waals surface area contributed by atoms with Crippen LogP contribution in [0.15, 0.2) is 23.3 Å². The molecule has 0 aromatic carbocycles. The zero-order valence-corrected chi connectivity index (χ0v) is 14.7. The first-order chi connectivity index (χ1) is 9.58. The lowest BCUT2D eigenvalue weighted by Crippen LogP contribution is -2.24. The van der Waals surface area contributed by atoms with Crippen LogP contribution in [0.25, 0.3) is 0 Å². The summed E-state index contributed by atoms with van der Waals surface area (Å²) in [6.07, 6.45) is 12.2. The molecule has 0 unspecified atom stereocenters. The van der Waals surface area contributed by atoms with Gasteiger partial charge in [0.25, 0.3) is 0 Å². The minimum absolute atomic E-state index is 0.261. The van der Waals surface area contributed by atoms with Gasteiger partial charge in [-0.05, 0) is 64.4 Å². The van der Waals surface area contributed by atoms with Crippen molar-refractivity contribution >= 4 is 29.8 Å². The van der Waals surface area contributed by atoms with Gasteiger partial charge in [-0.25, -0.2) is 0 Å². The Morgan fingerprint density at radius 3 is 2.40 bits per heavy atom. The Bertz CT molecular complexity index is 348. The Morgan fingerprint density at radius 1 is 1.10 bits per heavy atom. The van der Waals surface area contributed by atoms with Crippen LogP contribution in [0, 0.1) is 0 Å². The van der Waals surface area contributed by atoms with Gasteiger partial charge in [0.05, 0.1) is 4.08 Å². The molecule has 0 spiro atoms. The van der Waals surface area contributed by atoms with Crippen LogP contribution >= 0.6 is 23.5 Å². The third kappa shape index (κ3) is 7.03. The van der Waals surface area contributed by atoms with Crippen LogP contribution in [0.2, 0.25) is 0 Å². The Morgan fingerprint density at radius 2 is 1.80 bits per heavy atom. The second kappa shape index (κ2) is 9.73. The molecule has 1 saturated heterocycles. The maximum Gasteiger partial charge on any atom is 0.120 e. The van der Waals surface area contributed by atoms with Crippen LogP contribution in [-0.2, 0) is 4.79 Å². The highest BCUT2D eigenvalue weighted by Crippen LogP contribution is 2.48. The number of aldehydes is 1. The Kier molecular flexibility index (Phi) is 8.70. The van der Waals surface area contributed by atoms with Crippen molar-refractivity contribution in [3.05, 3.63) is 23.3 Å². The minimum atomic E-state index is 0.261. The fourth-order valence-electron chi connectivity index (χ4n) is 2.28. The Hall–Kier alpha value is -0.150. The molecule has 1 fully saturated rings. The number of allylic oxidation sites excluding steroid dienone is 4. The van der Waals surface area contributed by atoms with Crippen molar-refractivity contribution in [2.24, 2.45) is 0 Å². The summed E-state index contributed by atoms with van der Waals surface area (Å²) in [6, 6.07) is 0. The molecule has 1 heterocycles. The highest BCUT2D eigenvalue weighted by Gasteiger charge is 2.32. The molecule has 1 aliphatic rings. The summed E-state index contributed by atoms with van der Waals surface area (Å²) in [5, 5.41) is 0. The average Bonchev–Trinajstić information content (AvgIpc) is 2.44. The first-order valence-corrected chi connectivity index (χ1v) is 9.56. The lowest BCUT2D eigenvalue weighted by Gasteiger charge is -2.35. The van der Waals surface area contributed by atoms with Crippen LogP contribution in [0.5, 0.6) is 0 Å². The predicted octanol–water partition coefficient (Wildman–Crippen LogP) is 5.61. The van der Waals surface area contributed by atoms with Crippen molar-refractivity contribution in [3.63, 3.8) is 0 Å². The summed E-state index contributed by atoms with van der Waals surface area (Å²) < 4.78 is 0.261. The van der Waals surface area contributed by atoms with E-state index >= 15 is 0 Å². The summed E-state index contributed by atoms with van der Waals surface area (Å²) in [7, 11) is 0. The van der Waals surface area contributed by atoms with E-state index in [1.807, 2.05) is 0 Å². The van der Waals surface area contributed by atoms with Crippen LogP contribution in [0.1, 0.15) is 59.3 Å². The fourth-order valence-corrected chi connectivity index (χ4v) is 5.54. The zero-order chi connectivity index (χ0) is 14.8. The molecular formula is C17H28OS2. The maximum atomic E-state index is 10.7. The van der Waals surface area contributed by atoms with Crippen LogP contribution in [-0.4, -0.2) is 21.9 Å². The summed E-state index contributed by atoms with van der Waals surface area (Å²) in [4.78, 5) is 10.7. The largest absolute Gasteiger partial charge is 0.303 e. The topological polar surface area (TPSA) is 17.1 Å². The molecule has 0 saturated carbocycles. The number of carbonyl (C=O) groups excluding carboxylic acids is 1. The van der Waals surface area contributed by atoms with Gasteiger partial charge in [0, 0.05) is 6.42 Å². The minimum Gasteiger partial charge on any atom is -0.303 e. The smallest absolute Gasteiger partial charge is 0.120 e. The second-order valence-corrected chi connectivity index (χ2v) is 8.96. The molecule has 20 heavy (non-hydrogen) atoms. The van der Waals surface area contributed by atoms with Gasteiger partial charge in [-0.2, -0.15) is 0 Å². The van der Waals surface area contributed by atoms with E-state index in [0.717, 1.165) is 32.0 Å². The number of hydrogen-bond donors (Lipinski definition) is 0. The number of thioether (sulfide) groups is 2. The Balaban J connectivity index is 2.51. The molecule has 0 aliphatic carbocycles. The van der Waals surface area contributed by atoms with Gasteiger partial charge in [-0.1, -0.05) is 23.3 Å². The normalized spacial score (nSPS) is 18.6. The third-order valence-electron chi connectivity index (χ3n) is 3.51. The van der Waals surface area contributed by atoms with Gasteiger partial charge in [0.2, 0.25) is 0 Å². The maximum absolute atomic E-state index is 10.7. The van der Waals surface area contributed by atoms with Gasteiger partial charge in [0.15, 0.2) is 0 Å². The zero-order valence-electron chi connectivity index (χ0n) is 13.1. The van der Waals surface area contributed by atoms with E-state index in [9.17, 15) is 4.79 Å². The van der Waals surface area contributed by atoms with Gasteiger partial charge >= 0.3 is 0 Å². The fraction of sp³-hybridized carbons (Fsp3) is 0.706. The summed E-state index contributed by atoms with van der Waals surface area (Å²) in [5.74, 6) is 2.49. The van der Waals surface area contributed by atoms with Gasteiger partial charge in [0.1, 0.15) is 6.29 Å².